The Balaban J connectivity index is 1.40. The molecule has 0 saturated carbocycles. The summed E-state index contributed by atoms with van der Waals surface area (Å²) >= 11 is 0. The number of nitrogens with zero attached hydrogens (tertiary/aromatic N) is 1. The van der Waals surface area contributed by atoms with Crippen LogP contribution in [0.25, 0.3) is 0 Å². The quantitative estimate of drug-likeness (QED) is 0.640. The summed E-state index contributed by atoms with van der Waals surface area (Å²) in [6.45, 7) is 2.77. The Kier molecular flexibility index (Phi) is 4.97. The summed E-state index contributed by atoms with van der Waals surface area (Å²) in [6.07, 6.45) is 2.33. The maximum atomic E-state index is 12.3. The number of amides is 1. The van der Waals surface area contributed by atoms with Crippen molar-refractivity contribution in [3.05, 3.63) is 23.3 Å². The van der Waals surface area contributed by atoms with Crippen molar-refractivity contribution in [3.8, 4) is 11.5 Å². The summed E-state index contributed by atoms with van der Waals surface area (Å²) in [5.41, 5.74) is 0.689. The average molecular weight is 374 g/mol. The van der Waals surface area contributed by atoms with Crippen molar-refractivity contribution in [3.63, 3.8) is 0 Å². The first-order chi connectivity index (χ1) is 13.0. The second-order valence-corrected chi connectivity index (χ2v) is 7.44. The number of hydrogen-bond donors (Lipinski definition) is 3. The topological polar surface area (TPSA) is 108 Å². The molecule has 3 heterocycles. The molecule has 0 spiro atoms. The van der Waals surface area contributed by atoms with Crippen LogP contribution >= 0.6 is 0 Å². The molecule has 4 rings (SSSR count). The number of nitrogens with one attached hydrogen (secondary N) is 1. The molecule has 144 valence electrons. The molecule has 0 radical (unpaired) electrons. The number of aryl methyl sites for hydroxylation is 1. The molecule has 2 saturated heterocycles. The van der Waals surface area contributed by atoms with Crippen LogP contribution in [0.4, 0.5) is 0 Å². The third-order valence-corrected chi connectivity index (χ3v) is 5.45. The first kappa shape index (κ1) is 18.1. The van der Waals surface area contributed by atoms with E-state index in [0.29, 0.717) is 38.2 Å². The lowest BCUT2D eigenvalue weighted by Gasteiger charge is -2.39. The van der Waals surface area contributed by atoms with E-state index in [0.717, 1.165) is 25.1 Å². The summed E-state index contributed by atoms with van der Waals surface area (Å²) in [7, 11) is -1.01. The van der Waals surface area contributed by atoms with Crippen LogP contribution in [-0.4, -0.2) is 66.3 Å². The Hall–Kier alpha value is -2.26. The van der Waals surface area contributed by atoms with Crippen LogP contribution in [-0.2, 0) is 11.2 Å². The van der Waals surface area contributed by atoms with Crippen molar-refractivity contribution in [1.82, 2.24) is 10.2 Å². The monoisotopic (exact) mass is 374 g/mol. The van der Waals surface area contributed by atoms with Gasteiger partial charge in [0.2, 0.25) is 5.91 Å². The molecule has 1 atom stereocenters. The standard InChI is InChI=1S/C18H23BN2O6/c22-15(7-11-4-6-20-8-11)21-9-13(10-21)26-14-2-1-12-3-5-19(25)27-17(12)16(14)18(23)24/h1-2,11,13,20,25H,3-10H2,(H,23,24)/t11-/m1/s1. The van der Waals surface area contributed by atoms with Crippen molar-refractivity contribution in [2.75, 3.05) is 26.2 Å². The third kappa shape index (κ3) is 3.75. The van der Waals surface area contributed by atoms with E-state index in [4.69, 9.17) is 9.39 Å². The average Bonchev–Trinajstić information content (AvgIpc) is 3.09. The first-order valence-electron chi connectivity index (χ1n) is 9.40. The molecule has 0 aliphatic carbocycles. The summed E-state index contributed by atoms with van der Waals surface area (Å²) < 4.78 is 11.2. The van der Waals surface area contributed by atoms with Gasteiger partial charge in [-0.2, -0.15) is 0 Å². The van der Waals surface area contributed by atoms with Gasteiger partial charge in [-0.15, -0.1) is 0 Å². The van der Waals surface area contributed by atoms with E-state index in [1.807, 2.05) is 0 Å². The van der Waals surface area contributed by atoms with Crippen molar-refractivity contribution < 1.29 is 29.1 Å². The zero-order chi connectivity index (χ0) is 19.0. The van der Waals surface area contributed by atoms with Crippen molar-refractivity contribution in [2.24, 2.45) is 5.92 Å². The summed E-state index contributed by atoms with van der Waals surface area (Å²) in [5, 5.41) is 22.6. The largest absolute Gasteiger partial charge is 0.535 e. The highest BCUT2D eigenvalue weighted by atomic mass is 16.5. The van der Waals surface area contributed by atoms with Crippen LogP contribution in [0.2, 0.25) is 6.32 Å². The number of fused-ring (bicyclic) bond motifs is 1. The van der Waals surface area contributed by atoms with Crippen molar-refractivity contribution in [2.45, 2.75) is 31.7 Å². The van der Waals surface area contributed by atoms with E-state index in [1.165, 1.54) is 0 Å². The number of benzene rings is 1. The summed E-state index contributed by atoms with van der Waals surface area (Å²) in [6, 6.07) is 3.41. The van der Waals surface area contributed by atoms with Gasteiger partial charge in [0.15, 0.2) is 0 Å². The van der Waals surface area contributed by atoms with E-state index in [9.17, 15) is 19.7 Å². The van der Waals surface area contributed by atoms with E-state index >= 15 is 0 Å². The lowest BCUT2D eigenvalue weighted by molar-refractivity contribution is -0.140. The van der Waals surface area contributed by atoms with Gasteiger partial charge in [-0.25, -0.2) is 4.79 Å². The van der Waals surface area contributed by atoms with E-state index < -0.39 is 13.1 Å². The van der Waals surface area contributed by atoms with Gasteiger partial charge in [-0.3, -0.25) is 4.79 Å². The van der Waals surface area contributed by atoms with Crippen LogP contribution in [0, 0.1) is 5.92 Å². The fourth-order valence-electron chi connectivity index (χ4n) is 3.87. The molecular formula is C18H23BN2O6. The summed E-state index contributed by atoms with van der Waals surface area (Å²) in [4.78, 5) is 25.8. The molecule has 2 fully saturated rings. The second-order valence-electron chi connectivity index (χ2n) is 7.44. The zero-order valence-electron chi connectivity index (χ0n) is 15.0. The number of carbonyl (C=O) groups excluding carboxylic acids is 1. The maximum Gasteiger partial charge on any atom is 0.522 e. The number of hydrogen-bond acceptors (Lipinski definition) is 6. The fourth-order valence-corrected chi connectivity index (χ4v) is 3.87. The highest BCUT2D eigenvalue weighted by Gasteiger charge is 2.36. The Bertz CT molecular complexity index is 746. The Morgan fingerprint density at radius 3 is 2.89 bits per heavy atom. The Labute approximate surface area is 157 Å². The molecule has 3 aliphatic heterocycles. The third-order valence-electron chi connectivity index (χ3n) is 5.45. The maximum absolute atomic E-state index is 12.3. The van der Waals surface area contributed by atoms with Gasteiger partial charge in [-0.05, 0) is 49.8 Å². The molecule has 3 N–H and O–H groups in total. The molecule has 1 aromatic rings. The van der Waals surface area contributed by atoms with Gasteiger partial charge in [0.25, 0.3) is 0 Å². The lowest BCUT2D eigenvalue weighted by Crippen LogP contribution is -2.56. The van der Waals surface area contributed by atoms with E-state index in [2.05, 4.69) is 5.32 Å². The molecule has 0 bridgehead atoms. The molecule has 27 heavy (non-hydrogen) atoms. The number of carboxylic acid groups (broad SMARTS) is 1. The molecule has 1 amide bonds. The number of aromatic carboxylic acids is 1. The normalized spacial score (nSPS) is 22.0. The molecular weight excluding hydrogens is 351 g/mol. The minimum Gasteiger partial charge on any atom is -0.535 e. The van der Waals surface area contributed by atoms with Crippen molar-refractivity contribution >= 4 is 19.0 Å². The fraction of sp³-hybridized carbons (Fsp3) is 0.556. The number of carbonyl (C=O) groups is 2. The zero-order valence-corrected chi connectivity index (χ0v) is 15.0. The highest BCUT2D eigenvalue weighted by molar-refractivity contribution is 6.44. The van der Waals surface area contributed by atoms with E-state index in [-0.39, 0.29) is 29.1 Å². The number of carboxylic acids is 1. The highest BCUT2D eigenvalue weighted by Crippen LogP contribution is 2.37. The molecule has 9 heteroatoms. The van der Waals surface area contributed by atoms with Gasteiger partial charge in [0, 0.05) is 6.42 Å². The van der Waals surface area contributed by atoms with E-state index in [1.54, 1.807) is 17.0 Å². The van der Waals surface area contributed by atoms with Gasteiger partial charge >= 0.3 is 13.1 Å². The van der Waals surface area contributed by atoms with Crippen LogP contribution < -0.4 is 14.7 Å². The Morgan fingerprint density at radius 2 is 2.19 bits per heavy atom. The molecule has 0 unspecified atom stereocenters. The molecule has 3 aliphatic rings. The number of ether oxygens (including phenoxy) is 1. The molecule has 1 aromatic carbocycles. The van der Waals surface area contributed by atoms with Crippen LogP contribution in [0.15, 0.2) is 12.1 Å². The minimum absolute atomic E-state index is 0.0620. The minimum atomic E-state index is -1.16. The van der Waals surface area contributed by atoms with Gasteiger partial charge in [0.1, 0.15) is 23.2 Å². The predicted octanol–water partition coefficient (Wildman–Crippen LogP) is 0.389. The first-order valence-corrected chi connectivity index (χ1v) is 9.40. The summed E-state index contributed by atoms with van der Waals surface area (Å²) in [5.74, 6) is -0.233. The van der Waals surface area contributed by atoms with Gasteiger partial charge in [0.05, 0.1) is 13.1 Å². The van der Waals surface area contributed by atoms with Crippen LogP contribution in [0.5, 0.6) is 11.5 Å². The number of rotatable bonds is 5. The van der Waals surface area contributed by atoms with Gasteiger partial charge < -0.3 is 29.7 Å². The SMILES string of the molecule is O=C(O)c1c(OC2CN(C(=O)C[C@H]3CCNC3)C2)ccc2c1OB(O)CC2. The Morgan fingerprint density at radius 1 is 1.37 bits per heavy atom. The predicted molar refractivity (Wildman–Crippen MR) is 97.1 cm³/mol. The second kappa shape index (κ2) is 7.40. The van der Waals surface area contributed by atoms with Gasteiger partial charge in [-0.1, -0.05) is 6.07 Å². The van der Waals surface area contributed by atoms with Crippen molar-refractivity contribution in [1.29, 1.82) is 0 Å². The van der Waals surface area contributed by atoms with Crippen LogP contribution in [0.3, 0.4) is 0 Å². The molecule has 8 nitrogen and oxygen atoms in total. The lowest BCUT2D eigenvalue weighted by atomic mass is 9.78. The molecule has 0 aromatic heterocycles. The smallest absolute Gasteiger partial charge is 0.522 e. The van der Waals surface area contributed by atoms with Crippen LogP contribution in [0.1, 0.15) is 28.8 Å². The number of likely N-dealkylation sites (tertiary alicyclic amines) is 1.